The van der Waals surface area contributed by atoms with Crippen LogP contribution in [0.4, 0.5) is 8.78 Å². The van der Waals surface area contributed by atoms with Crippen LogP contribution in [-0.4, -0.2) is 0 Å². The Hall–Kier alpha value is -2.72. The maximum Gasteiger partial charge on any atom is 0.151 e. The lowest BCUT2D eigenvalue weighted by molar-refractivity contribution is 0.513. The minimum absolute atomic E-state index is 0.192. The fourth-order valence-electron chi connectivity index (χ4n) is 2.15. The number of halogens is 2. The van der Waals surface area contributed by atoms with Crippen LogP contribution in [0.1, 0.15) is 11.1 Å². The zero-order chi connectivity index (χ0) is 15.3. The molecule has 0 atom stereocenters. The van der Waals surface area contributed by atoms with E-state index in [0.29, 0.717) is 11.1 Å². The Labute approximate surface area is 121 Å². The van der Waals surface area contributed by atoms with E-state index < -0.39 is 5.41 Å². The molecule has 0 saturated heterocycles. The molecule has 0 aliphatic heterocycles. The lowest BCUT2D eigenvalue weighted by Gasteiger charge is -2.18. The minimum Gasteiger partial charge on any atom is -0.207 e. The predicted molar refractivity (Wildman–Crippen MR) is 73.9 cm³/mol. The molecule has 0 saturated carbocycles. The van der Waals surface area contributed by atoms with Gasteiger partial charge in [-0.2, -0.15) is 10.5 Å². The van der Waals surface area contributed by atoms with E-state index in [1.807, 2.05) is 12.1 Å². The second kappa shape index (κ2) is 6.15. The minimum atomic E-state index is -1.25. The van der Waals surface area contributed by atoms with E-state index in [-0.39, 0.29) is 24.5 Å². The van der Waals surface area contributed by atoms with Gasteiger partial charge in [0.25, 0.3) is 0 Å². The zero-order valence-corrected chi connectivity index (χ0v) is 11.2. The number of hydrogen-bond acceptors (Lipinski definition) is 2. The second-order valence-electron chi connectivity index (χ2n) is 4.91. The summed E-state index contributed by atoms with van der Waals surface area (Å²) in [5.41, 5.74) is 0.165. The standard InChI is InChI=1S/C17H12F2N2/c18-15-5-1-13(2-6-15)9-17(11-20,12-21)10-14-3-7-16(19)8-4-14/h1-8H,9-10H2. The lowest BCUT2D eigenvalue weighted by Crippen LogP contribution is -2.22. The zero-order valence-electron chi connectivity index (χ0n) is 11.2. The van der Waals surface area contributed by atoms with Gasteiger partial charge in [0.2, 0.25) is 0 Å². The largest absolute Gasteiger partial charge is 0.207 e. The monoisotopic (exact) mass is 282 g/mol. The molecule has 0 bridgehead atoms. The fourth-order valence-corrected chi connectivity index (χ4v) is 2.15. The van der Waals surface area contributed by atoms with Crippen molar-refractivity contribution in [2.45, 2.75) is 12.8 Å². The Bertz CT molecular complexity index is 628. The van der Waals surface area contributed by atoms with Crippen molar-refractivity contribution in [3.8, 4) is 12.1 Å². The lowest BCUT2D eigenvalue weighted by atomic mass is 9.79. The van der Waals surface area contributed by atoms with Crippen LogP contribution in [0.15, 0.2) is 48.5 Å². The molecule has 104 valence electrons. The second-order valence-corrected chi connectivity index (χ2v) is 4.91. The van der Waals surface area contributed by atoms with Crippen molar-refractivity contribution in [2.75, 3.05) is 0 Å². The summed E-state index contributed by atoms with van der Waals surface area (Å²) in [6.07, 6.45) is 0.384. The average Bonchev–Trinajstić information content (AvgIpc) is 2.51. The van der Waals surface area contributed by atoms with Crippen molar-refractivity contribution in [3.63, 3.8) is 0 Å². The molecular weight excluding hydrogens is 270 g/mol. The first kappa shape index (κ1) is 14.7. The summed E-state index contributed by atoms with van der Waals surface area (Å²) >= 11 is 0. The summed E-state index contributed by atoms with van der Waals surface area (Å²) in [6, 6.07) is 15.5. The van der Waals surface area contributed by atoms with Gasteiger partial charge in [-0.05, 0) is 35.4 Å². The Morgan fingerprint density at radius 2 is 1.05 bits per heavy atom. The molecule has 0 unspecified atom stereocenters. The molecule has 2 nitrogen and oxygen atoms in total. The molecule has 0 aliphatic rings. The number of hydrogen-bond donors (Lipinski definition) is 0. The molecule has 0 N–H and O–H groups in total. The van der Waals surface area contributed by atoms with E-state index in [1.165, 1.54) is 24.3 Å². The SMILES string of the molecule is N#CC(C#N)(Cc1ccc(F)cc1)Cc1ccc(F)cc1. The van der Waals surface area contributed by atoms with Gasteiger partial charge in [-0.15, -0.1) is 0 Å². The first-order valence-electron chi connectivity index (χ1n) is 6.38. The van der Waals surface area contributed by atoms with Crippen LogP contribution in [0, 0.1) is 39.7 Å². The molecule has 0 aliphatic carbocycles. The van der Waals surface area contributed by atoms with E-state index in [9.17, 15) is 19.3 Å². The summed E-state index contributed by atoms with van der Waals surface area (Å²) in [6.45, 7) is 0. The third-order valence-electron chi connectivity index (χ3n) is 3.27. The van der Waals surface area contributed by atoms with Gasteiger partial charge in [-0.1, -0.05) is 24.3 Å². The Kier molecular flexibility index (Phi) is 4.30. The van der Waals surface area contributed by atoms with Crippen LogP contribution in [0.2, 0.25) is 0 Å². The smallest absolute Gasteiger partial charge is 0.151 e. The van der Waals surface area contributed by atoms with Gasteiger partial charge >= 0.3 is 0 Å². The highest BCUT2D eigenvalue weighted by Gasteiger charge is 2.31. The maximum atomic E-state index is 12.9. The van der Waals surface area contributed by atoms with Gasteiger partial charge in [-0.3, -0.25) is 0 Å². The molecule has 21 heavy (non-hydrogen) atoms. The number of nitriles is 2. The van der Waals surface area contributed by atoms with Gasteiger partial charge in [-0.25, -0.2) is 8.78 Å². The van der Waals surface area contributed by atoms with Crippen LogP contribution < -0.4 is 0 Å². The number of rotatable bonds is 4. The predicted octanol–water partition coefficient (Wildman–Crippen LogP) is 3.78. The van der Waals surface area contributed by atoms with Gasteiger partial charge < -0.3 is 0 Å². The summed E-state index contributed by atoms with van der Waals surface area (Å²) in [4.78, 5) is 0. The normalized spacial score (nSPS) is 10.7. The first-order valence-corrected chi connectivity index (χ1v) is 6.38. The Morgan fingerprint density at radius 3 is 1.33 bits per heavy atom. The van der Waals surface area contributed by atoms with Crippen LogP contribution >= 0.6 is 0 Å². The van der Waals surface area contributed by atoms with Crippen molar-refractivity contribution in [1.29, 1.82) is 10.5 Å². The van der Waals surface area contributed by atoms with E-state index in [0.717, 1.165) is 0 Å². The van der Waals surface area contributed by atoms with E-state index in [1.54, 1.807) is 24.3 Å². The Balaban J connectivity index is 2.24. The highest BCUT2D eigenvalue weighted by atomic mass is 19.1. The molecule has 0 heterocycles. The third-order valence-corrected chi connectivity index (χ3v) is 3.27. The molecule has 2 aromatic carbocycles. The van der Waals surface area contributed by atoms with Crippen LogP contribution in [0.25, 0.3) is 0 Å². The number of nitrogens with zero attached hydrogens (tertiary/aromatic N) is 2. The van der Waals surface area contributed by atoms with Gasteiger partial charge in [0.15, 0.2) is 5.41 Å². The van der Waals surface area contributed by atoms with Crippen LogP contribution in [0.3, 0.4) is 0 Å². The van der Waals surface area contributed by atoms with Crippen molar-refractivity contribution in [2.24, 2.45) is 5.41 Å². The molecule has 2 aromatic rings. The fraction of sp³-hybridized carbons (Fsp3) is 0.176. The third kappa shape index (κ3) is 3.64. The maximum absolute atomic E-state index is 12.9. The molecule has 0 aromatic heterocycles. The van der Waals surface area contributed by atoms with Crippen molar-refractivity contribution < 1.29 is 8.78 Å². The Morgan fingerprint density at radius 1 is 0.714 bits per heavy atom. The molecular formula is C17H12F2N2. The summed E-state index contributed by atoms with van der Waals surface area (Å²) < 4.78 is 25.8. The topological polar surface area (TPSA) is 47.6 Å². The summed E-state index contributed by atoms with van der Waals surface area (Å²) in [7, 11) is 0. The molecule has 2 rings (SSSR count). The van der Waals surface area contributed by atoms with E-state index >= 15 is 0 Å². The van der Waals surface area contributed by atoms with Crippen LogP contribution in [-0.2, 0) is 12.8 Å². The van der Waals surface area contributed by atoms with E-state index in [4.69, 9.17) is 0 Å². The van der Waals surface area contributed by atoms with Gasteiger partial charge in [0.05, 0.1) is 12.1 Å². The first-order chi connectivity index (χ1) is 10.1. The molecule has 0 amide bonds. The molecule has 4 heteroatoms. The molecule has 0 radical (unpaired) electrons. The highest BCUT2D eigenvalue weighted by molar-refractivity contribution is 5.29. The van der Waals surface area contributed by atoms with Crippen molar-refractivity contribution in [3.05, 3.63) is 71.3 Å². The van der Waals surface area contributed by atoms with Crippen molar-refractivity contribution >= 4 is 0 Å². The van der Waals surface area contributed by atoms with Gasteiger partial charge in [0.1, 0.15) is 11.6 Å². The summed E-state index contributed by atoms with van der Waals surface area (Å²) in [5.74, 6) is -0.728. The molecule has 0 fully saturated rings. The average molecular weight is 282 g/mol. The van der Waals surface area contributed by atoms with Crippen LogP contribution in [0.5, 0.6) is 0 Å². The van der Waals surface area contributed by atoms with E-state index in [2.05, 4.69) is 0 Å². The van der Waals surface area contributed by atoms with Crippen molar-refractivity contribution in [1.82, 2.24) is 0 Å². The highest BCUT2D eigenvalue weighted by Crippen LogP contribution is 2.27. The summed E-state index contributed by atoms with van der Waals surface area (Å²) in [5, 5.41) is 18.8. The van der Waals surface area contributed by atoms with Gasteiger partial charge in [0, 0.05) is 12.8 Å². The quantitative estimate of drug-likeness (QED) is 0.856. The molecule has 0 spiro atoms. The number of benzene rings is 2.